The molecule has 0 bridgehead atoms. The number of halogens is 7. The van der Waals surface area contributed by atoms with Gasteiger partial charge in [0.25, 0.3) is 0 Å². The van der Waals surface area contributed by atoms with Crippen molar-refractivity contribution in [1.29, 1.82) is 0 Å². The fraction of sp³-hybridized carbons (Fsp3) is 0.750. The minimum absolute atomic E-state index is 0.0685. The molecule has 0 amide bonds. The zero-order valence-electron chi connectivity index (χ0n) is 12.1. The van der Waals surface area contributed by atoms with Crippen molar-refractivity contribution in [2.45, 2.75) is 56.9 Å². The maximum Gasteiger partial charge on any atom is 0.460 e. The lowest BCUT2D eigenvalue weighted by molar-refractivity contribution is -0.342. The fourth-order valence-corrected chi connectivity index (χ4v) is 2.91. The molecule has 0 saturated carbocycles. The molecule has 0 heterocycles. The highest BCUT2D eigenvalue weighted by Gasteiger charge is 2.76. The van der Waals surface area contributed by atoms with Crippen molar-refractivity contribution >= 4 is 14.1 Å². The van der Waals surface area contributed by atoms with Gasteiger partial charge in [0.15, 0.2) is 0 Å². The third-order valence-electron chi connectivity index (χ3n) is 2.91. The number of rotatable bonds is 5. The Hall–Kier alpha value is -1.06. The van der Waals surface area contributed by atoms with E-state index in [9.17, 15) is 35.5 Å². The molecular formula is C12H15F7O2Si. The predicted octanol–water partition coefficient (Wildman–Crippen LogP) is 4.68. The number of ketones is 1. The molecule has 0 aromatic rings. The van der Waals surface area contributed by atoms with E-state index in [-0.39, 0.29) is 25.0 Å². The fourth-order valence-electron chi connectivity index (χ4n) is 1.95. The second-order valence-electron chi connectivity index (χ2n) is 5.95. The number of carbonyl (C=O) groups excluding carboxylic acids is 1. The van der Waals surface area contributed by atoms with Crippen molar-refractivity contribution in [3.8, 4) is 0 Å². The zero-order chi connectivity index (χ0) is 17.6. The van der Waals surface area contributed by atoms with E-state index in [4.69, 9.17) is 4.43 Å². The van der Waals surface area contributed by atoms with E-state index >= 15 is 0 Å². The van der Waals surface area contributed by atoms with Crippen LogP contribution in [-0.2, 0) is 9.22 Å². The van der Waals surface area contributed by atoms with Gasteiger partial charge in [0.2, 0.25) is 14.1 Å². The van der Waals surface area contributed by atoms with Crippen molar-refractivity contribution in [1.82, 2.24) is 0 Å². The van der Waals surface area contributed by atoms with Crippen LogP contribution in [0.3, 0.4) is 0 Å². The first-order valence-corrected chi connectivity index (χ1v) is 9.80. The van der Waals surface area contributed by atoms with E-state index < -0.39 is 37.7 Å². The summed E-state index contributed by atoms with van der Waals surface area (Å²) in [5.41, 5.74) is -0.767. The Balaban J connectivity index is 3.21. The molecule has 0 unspecified atom stereocenters. The minimum Gasteiger partial charge on any atom is -0.547 e. The number of carbonyl (C=O) groups is 1. The first-order valence-electron chi connectivity index (χ1n) is 6.39. The molecule has 10 heteroatoms. The molecule has 0 radical (unpaired) electrons. The van der Waals surface area contributed by atoms with E-state index in [1.54, 1.807) is 19.6 Å². The topological polar surface area (TPSA) is 26.3 Å². The van der Waals surface area contributed by atoms with Crippen molar-refractivity contribution in [3.05, 3.63) is 11.3 Å². The lowest BCUT2D eigenvalue weighted by Gasteiger charge is -2.28. The lowest BCUT2D eigenvalue weighted by atomic mass is 9.99. The van der Waals surface area contributed by atoms with Crippen LogP contribution in [0.4, 0.5) is 30.7 Å². The van der Waals surface area contributed by atoms with Gasteiger partial charge in [0.05, 0.1) is 5.76 Å². The maximum atomic E-state index is 13.5. The van der Waals surface area contributed by atoms with Gasteiger partial charge in [0.1, 0.15) is 0 Å². The lowest BCUT2D eigenvalue weighted by Crippen LogP contribution is -2.56. The monoisotopic (exact) mass is 352 g/mol. The standard InChI is InChI=1S/C12H15F7O2Si/c1-22(2,3)21-8-6-4-5-7(8)9(20)10(13,14)11(15,16)12(17,18)19/h4-6H2,1-3H3. The summed E-state index contributed by atoms with van der Waals surface area (Å²) in [4.78, 5) is 11.6. The van der Waals surface area contributed by atoms with Gasteiger partial charge in [-0.2, -0.15) is 30.7 Å². The van der Waals surface area contributed by atoms with Crippen LogP contribution in [-0.4, -0.2) is 32.1 Å². The highest BCUT2D eigenvalue weighted by Crippen LogP contribution is 2.49. The molecule has 0 aromatic carbocycles. The molecule has 128 valence electrons. The average molecular weight is 352 g/mol. The van der Waals surface area contributed by atoms with Gasteiger partial charge >= 0.3 is 18.0 Å². The summed E-state index contributed by atoms with van der Waals surface area (Å²) < 4.78 is 94.5. The highest BCUT2D eigenvalue weighted by atomic mass is 28.4. The molecule has 1 aliphatic carbocycles. The zero-order valence-corrected chi connectivity index (χ0v) is 13.1. The first-order chi connectivity index (χ1) is 9.61. The molecule has 0 N–H and O–H groups in total. The molecule has 1 aliphatic rings. The Morgan fingerprint density at radius 2 is 1.50 bits per heavy atom. The third kappa shape index (κ3) is 3.46. The van der Waals surface area contributed by atoms with Gasteiger partial charge < -0.3 is 4.43 Å². The van der Waals surface area contributed by atoms with Crippen LogP contribution in [0.25, 0.3) is 0 Å². The number of hydrogen-bond acceptors (Lipinski definition) is 2. The smallest absolute Gasteiger partial charge is 0.460 e. The molecule has 22 heavy (non-hydrogen) atoms. The molecule has 0 atom stereocenters. The number of hydrogen-bond donors (Lipinski definition) is 0. The van der Waals surface area contributed by atoms with E-state index in [0.717, 1.165) is 0 Å². The molecule has 0 aromatic heterocycles. The Labute approximate surface area is 123 Å². The summed E-state index contributed by atoms with van der Waals surface area (Å²) in [6.45, 7) is 5.01. The van der Waals surface area contributed by atoms with Gasteiger partial charge in [-0.1, -0.05) is 0 Å². The largest absolute Gasteiger partial charge is 0.547 e. The van der Waals surface area contributed by atoms with E-state index in [2.05, 4.69) is 0 Å². The minimum atomic E-state index is -6.52. The van der Waals surface area contributed by atoms with Gasteiger partial charge in [-0.15, -0.1) is 0 Å². The van der Waals surface area contributed by atoms with Crippen LogP contribution in [0.2, 0.25) is 19.6 Å². The summed E-state index contributed by atoms with van der Waals surface area (Å²) in [5, 5.41) is 0. The molecule has 1 rings (SSSR count). The van der Waals surface area contributed by atoms with E-state index in [1.807, 2.05) is 0 Å². The van der Waals surface area contributed by atoms with Crippen molar-refractivity contribution < 1.29 is 40.0 Å². The highest BCUT2D eigenvalue weighted by molar-refractivity contribution is 6.70. The number of Topliss-reactive ketones (excluding diaryl/α,β-unsaturated/α-hetero) is 1. The van der Waals surface area contributed by atoms with Gasteiger partial charge in [0, 0.05) is 12.0 Å². The van der Waals surface area contributed by atoms with Crippen LogP contribution in [0.1, 0.15) is 19.3 Å². The van der Waals surface area contributed by atoms with Crippen molar-refractivity contribution in [2.75, 3.05) is 0 Å². The Morgan fingerprint density at radius 1 is 1.00 bits per heavy atom. The van der Waals surface area contributed by atoms with E-state index in [0.29, 0.717) is 0 Å². The van der Waals surface area contributed by atoms with Crippen LogP contribution in [0.5, 0.6) is 0 Å². The molecule has 0 spiro atoms. The number of alkyl halides is 7. The predicted molar refractivity (Wildman–Crippen MR) is 66.3 cm³/mol. The SMILES string of the molecule is C[Si](C)(C)OC1=C(C(=O)C(F)(F)C(F)(F)C(F)(F)F)CCC1. The Kier molecular flexibility index (Phi) is 4.78. The molecular weight excluding hydrogens is 337 g/mol. The first kappa shape index (κ1) is 19.0. The van der Waals surface area contributed by atoms with Gasteiger partial charge in [-0.3, -0.25) is 4.79 Å². The summed E-state index contributed by atoms with van der Waals surface area (Å²) in [7, 11) is -2.32. The molecule has 0 aliphatic heterocycles. The Bertz CT molecular complexity index is 489. The van der Waals surface area contributed by atoms with Crippen LogP contribution >= 0.6 is 0 Å². The second-order valence-corrected chi connectivity index (χ2v) is 10.4. The number of allylic oxidation sites excluding steroid dienone is 2. The molecule has 0 fully saturated rings. The van der Waals surface area contributed by atoms with Crippen LogP contribution < -0.4 is 0 Å². The van der Waals surface area contributed by atoms with Gasteiger partial charge in [-0.05, 0) is 32.5 Å². The summed E-state index contributed by atoms with van der Waals surface area (Å²) in [5.74, 6) is -15.0. The molecule has 0 saturated heterocycles. The molecule has 2 nitrogen and oxygen atoms in total. The Morgan fingerprint density at radius 3 is 1.91 bits per heavy atom. The van der Waals surface area contributed by atoms with Crippen LogP contribution in [0, 0.1) is 0 Å². The maximum absolute atomic E-state index is 13.5. The van der Waals surface area contributed by atoms with Crippen molar-refractivity contribution in [2.24, 2.45) is 0 Å². The average Bonchev–Trinajstić information content (AvgIpc) is 2.71. The summed E-state index contributed by atoms with van der Waals surface area (Å²) in [6, 6.07) is 0. The second kappa shape index (κ2) is 5.54. The van der Waals surface area contributed by atoms with E-state index in [1.165, 1.54) is 0 Å². The summed E-state index contributed by atoms with van der Waals surface area (Å²) in [6.07, 6.45) is -6.57. The third-order valence-corrected chi connectivity index (χ3v) is 3.76. The van der Waals surface area contributed by atoms with Gasteiger partial charge in [-0.25, -0.2) is 0 Å². The van der Waals surface area contributed by atoms with Crippen LogP contribution in [0.15, 0.2) is 11.3 Å². The normalized spacial score (nSPS) is 17.9. The quantitative estimate of drug-likeness (QED) is 0.531. The van der Waals surface area contributed by atoms with Crippen molar-refractivity contribution in [3.63, 3.8) is 0 Å². The summed E-state index contributed by atoms with van der Waals surface area (Å²) >= 11 is 0.